The lowest BCUT2D eigenvalue weighted by Gasteiger charge is -2.17. The molecule has 0 aliphatic heterocycles. The van der Waals surface area contributed by atoms with Crippen molar-refractivity contribution >= 4 is 21.6 Å². The molecule has 2 rings (SSSR count). The number of likely N-dealkylation sites (N-methyl/N-ethyl adjacent to an activating group) is 1. The monoisotopic (exact) mass is 319 g/mol. The molecule has 1 aromatic carbocycles. The second-order valence-electron chi connectivity index (χ2n) is 4.88. The summed E-state index contributed by atoms with van der Waals surface area (Å²) in [6.07, 6.45) is 1.73. The number of nitrogens with two attached hydrogens (primary N) is 1. The molecule has 6 nitrogen and oxygen atoms in total. The first-order valence-electron chi connectivity index (χ1n) is 6.22. The summed E-state index contributed by atoms with van der Waals surface area (Å²) < 4.78 is 51.9. The van der Waals surface area contributed by atoms with E-state index in [1.54, 1.807) is 0 Å². The Balaban J connectivity index is 2.20. The Morgan fingerprint density at radius 3 is 2.62 bits per heavy atom. The molecule has 0 aromatic heterocycles. The Kier molecular flexibility index (Phi) is 4.15. The summed E-state index contributed by atoms with van der Waals surface area (Å²) in [7, 11) is -3.13. The van der Waals surface area contributed by atoms with Crippen molar-refractivity contribution in [3.05, 3.63) is 23.8 Å². The number of halogens is 2. The molecule has 0 unspecified atom stereocenters. The fraction of sp³-hybridized carbons (Fsp3) is 0.417. The smallest absolute Gasteiger partial charge is 0.246 e. The van der Waals surface area contributed by atoms with Crippen molar-refractivity contribution in [3.8, 4) is 0 Å². The summed E-state index contributed by atoms with van der Waals surface area (Å²) >= 11 is 0. The average Bonchev–Trinajstić information content (AvgIpc) is 3.19. The molecule has 1 fully saturated rings. The molecule has 0 bridgehead atoms. The van der Waals surface area contributed by atoms with Crippen LogP contribution in [0.2, 0.25) is 0 Å². The lowest BCUT2D eigenvalue weighted by molar-refractivity contribution is -0.121. The van der Waals surface area contributed by atoms with Gasteiger partial charge >= 0.3 is 0 Å². The second kappa shape index (κ2) is 5.57. The molecular weight excluding hydrogens is 304 g/mol. The Hall–Kier alpha value is -1.74. The highest BCUT2D eigenvalue weighted by Gasteiger charge is 2.30. The number of benzene rings is 1. The topological polar surface area (TPSA) is 92.5 Å². The Labute approximate surface area is 121 Å². The number of nitrogen functional groups attached to an aromatic ring is 1. The molecule has 1 saturated carbocycles. The summed E-state index contributed by atoms with van der Waals surface area (Å²) in [5.74, 6) is -2.87. The standard InChI is InChI=1S/C12H15F2N3O3S/c1-17(6-10(18)16-7-2-3-7)21(19,20)9-5-4-8(13)12(15)11(9)14/h4-5,7H,2-3,6,15H2,1H3,(H,16,18). The van der Waals surface area contributed by atoms with Gasteiger partial charge in [-0.05, 0) is 25.0 Å². The van der Waals surface area contributed by atoms with Crippen molar-refractivity contribution < 1.29 is 22.0 Å². The van der Waals surface area contributed by atoms with Gasteiger partial charge in [0, 0.05) is 13.1 Å². The van der Waals surface area contributed by atoms with Gasteiger partial charge in [-0.25, -0.2) is 17.2 Å². The van der Waals surface area contributed by atoms with Crippen LogP contribution in [0.15, 0.2) is 17.0 Å². The van der Waals surface area contributed by atoms with Gasteiger partial charge in [0.2, 0.25) is 15.9 Å². The number of anilines is 1. The summed E-state index contributed by atoms with van der Waals surface area (Å²) in [6.45, 7) is -0.449. The first-order valence-corrected chi connectivity index (χ1v) is 7.66. The van der Waals surface area contributed by atoms with Crippen molar-refractivity contribution in [3.63, 3.8) is 0 Å². The molecule has 9 heteroatoms. The highest BCUT2D eigenvalue weighted by atomic mass is 32.2. The fourth-order valence-electron chi connectivity index (χ4n) is 1.70. The molecule has 3 N–H and O–H groups in total. The predicted molar refractivity (Wildman–Crippen MR) is 71.8 cm³/mol. The molecule has 1 amide bonds. The molecule has 21 heavy (non-hydrogen) atoms. The van der Waals surface area contributed by atoms with Crippen LogP contribution in [-0.2, 0) is 14.8 Å². The van der Waals surface area contributed by atoms with Crippen molar-refractivity contribution in [1.82, 2.24) is 9.62 Å². The van der Waals surface area contributed by atoms with E-state index in [9.17, 15) is 22.0 Å². The molecular formula is C12H15F2N3O3S. The van der Waals surface area contributed by atoms with Crippen LogP contribution in [0.25, 0.3) is 0 Å². The molecule has 0 spiro atoms. The van der Waals surface area contributed by atoms with Crippen molar-refractivity contribution in [1.29, 1.82) is 0 Å². The molecule has 0 heterocycles. The third-order valence-corrected chi connectivity index (χ3v) is 4.91. The average molecular weight is 319 g/mol. The van der Waals surface area contributed by atoms with Crippen LogP contribution in [0.5, 0.6) is 0 Å². The first-order chi connectivity index (χ1) is 9.73. The normalized spacial score (nSPS) is 15.2. The molecule has 1 aromatic rings. The van der Waals surface area contributed by atoms with E-state index in [0.717, 1.165) is 32.0 Å². The zero-order valence-corrected chi connectivity index (χ0v) is 12.1. The number of hydrogen-bond acceptors (Lipinski definition) is 4. The summed E-state index contributed by atoms with van der Waals surface area (Å²) in [4.78, 5) is 10.8. The Morgan fingerprint density at radius 2 is 2.05 bits per heavy atom. The number of carbonyl (C=O) groups is 1. The Bertz CT molecular complexity index is 675. The van der Waals surface area contributed by atoms with E-state index in [1.165, 1.54) is 0 Å². The van der Waals surface area contributed by atoms with E-state index >= 15 is 0 Å². The summed E-state index contributed by atoms with van der Waals surface area (Å²) in [5.41, 5.74) is 4.27. The van der Waals surface area contributed by atoms with Crippen LogP contribution in [-0.4, -0.2) is 38.3 Å². The quantitative estimate of drug-likeness (QED) is 0.771. The maximum absolute atomic E-state index is 13.8. The van der Waals surface area contributed by atoms with E-state index in [4.69, 9.17) is 5.73 Å². The van der Waals surface area contributed by atoms with Gasteiger partial charge in [-0.2, -0.15) is 4.31 Å². The van der Waals surface area contributed by atoms with Gasteiger partial charge in [-0.1, -0.05) is 0 Å². The molecule has 1 aliphatic carbocycles. The number of rotatable bonds is 5. The number of sulfonamides is 1. The van der Waals surface area contributed by atoms with Crippen molar-refractivity contribution in [2.45, 2.75) is 23.8 Å². The van der Waals surface area contributed by atoms with Gasteiger partial charge in [0.1, 0.15) is 16.4 Å². The van der Waals surface area contributed by atoms with E-state index in [2.05, 4.69) is 5.32 Å². The highest BCUT2D eigenvalue weighted by molar-refractivity contribution is 7.89. The van der Waals surface area contributed by atoms with Gasteiger partial charge in [-0.3, -0.25) is 4.79 Å². The molecule has 0 atom stereocenters. The van der Waals surface area contributed by atoms with E-state index in [0.29, 0.717) is 4.31 Å². The Morgan fingerprint density at radius 1 is 1.43 bits per heavy atom. The third kappa shape index (κ3) is 3.30. The van der Waals surface area contributed by atoms with Crippen LogP contribution >= 0.6 is 0 Å². The number of amides is 1. The first kappa shape index (κ1) is 15.6. The molecule has 1 aliphatic rings. The SMILES string of the molecule is CN(CC(=O)NC1CC1)S(=O)(=O)c1ccc(F)c(N)c1F. The lowest BCUT2D eigenvalue weighted by atomic mass is 10.3. The van der Waals surface area contributed by atoms with Gasteiger partial charge in [-0.15, -0.1) is 0 Å². The number of nitrogens with one attached hydrogen (secondary N) is 1. The van der Waals surface area contributed by atoms with Crippen LogP contribution in [0, 0.1) is 11.6 Å². The third-order valence-electron chi connectivity index (χ3n) is 3.09. The number of nitrogens with zero attached hydrogens (tertiary/aromatic N) is 1. The number of carbonyl (C=O) groups excluding carboxylic acids is 1. The van der Waals surface area contributed by atoms with Crippen LogP contribution in [0.1, 0.15) is 12.8 Å². The van der Waals surface area contributed by atoms with E-state index in [-0.39, 0.29) is 6.04 Å². The minimum absolute atomic E-state index is 0.0896. The largest absolute Gasteiger partial charge is 0.394 e. The van der Waals surface area contributed by atoms with Crippen LogP contribution < -0.4 is 11.1 Å². The van der Waals surface area contributed by atoms with Crippen LogP contribution in [0.3, 0.4) is 0 Å². The lowest BCUT2D eigenvalue weighted by Crippen LogP contribution is -2.39. The maximum Gasteiger partial charge on any atom is 0.246 e. The predicted octanol–water partition coefficient (Wildman–Crippen LogP) is 0.446. The van der Waals surface area contributed by atoms with E-state index in [1.807, 2.05) is 0 Å². The molecule has 0 saturated heterocycles. The molecule has 116 valence electrons. The minimum Gasteiger partial charge on any atom is -0.394 e. The van der Waals surface area contributed by atoms with Gasteiger partial charge in [0.05, 0.1) is 6.54 Å². The van der Waals surface area contributed by atoms with E-state index < -0.39 is 44.7 Å². The van der Waals surface area contributed by atoms with Gasteiger partial charge < -0.3 is 11.1 Å². The van der Waals surface area contributed by atoms with Crippen molar-refractivity contribution in [2.75, 3.05) is 19.3 Å². The summed E-state index contributed by atoms with van der Waals surface area (Å²) in [6, 6.07) is 1.64. The zero-order valence-electron chi connectivity index (χ0n) is 11.3. The highest BCUT2D eigenvalue weighted by Crippen LogP contribution is 2.25. The minimum atomic E-state index is -4.27. The number of hydrogen-bond donors (Lipinski definition) is 2. The zero-order chi connectivity index (χ0) is 15.8. The van der Waals surface area contributed by atoms with Gasteiger partial charge in [0.15, 0.2) is 5.82 Å². The fourth-order valence-corrected chi connectivity index (χ4v) is 2.90. The second-order valence-corrected chi connectivity index (χ2v) is 6.89. The van der Waals surface area contributed by atoms with Gasteiger partial charge in [0.25, 0.3) is 0 Å². The molecule has 0 radical (unpaired) electrons. The maximum atomic E-state index is 13.8. The van der Waals surface area contributed by atoms with Crippen molar-refractivity contribution in [2.24, 2.45) is 0 Å². The van der Waals surface area contributed by atoms with Crippen LogP contribution in [0.4, 0.5) is 14.5 Å². The summed E-state index contributed by atoms with van der Waals surface area (Å²) in [5, 5.41) is 2.62.